The highest BCUT2D eigenvalue weighted by atomic mass is 16.1. The van der Waals surface area contributed by atoms with E-state index in [4.69, 9.17) is 11.5 Å². The van der Waals surface area contributed by atoms with Crippen molar-refractivity contribution in [3.8, 4) is 0 Å². The van der Waals surface area contributed by atoms with E-state index < -0.39 is 11.4 Å². The van der Waals surface area contributed by atoms with E-state index in [1.807, 2.05) is 37.4 Å². The van der Waals surface area contributed by atoms with Gasteiger partial charge in [0.15, 0.2) is 0 Å². The van der Waals surface area contributed by atoms with Crippen molar-refractivity contribution in [2.75, 3.05) is 13.6 Å². The second-order valence-corrected chi connectivity index (χ2v) is 3.91. The van der Waals surface area contributed by atoms with Crippen LogP contribution in [0.3, 0.4) is 0 Å². The van der Waals surface area contributed by atoms with Crippen LogP contribution in [0.2, 0.25) is 0 Å². The van der Waals surface area contributed by atoms with Crippen molar-refractivity contribution in [3.05, 3.63) is 35.9 Å². The van der Waals surface area contributed by atoms with Gasteiger partial charge in [0.1, 0.15) is 5.54 Å². The number of hydrogen-bond donors (Lipinski definition) is 3. The van der Waals surface area contributed by atoms with Crippen molar-refractivity contribution in [1.29, 1.82) is 0 Å². The number of amides is 1. The minimum Gasteiger partial charge on any atom is -0.368 e. The molecule has 1 aromatic carbocycles. The summed E-state index contributed by atoms with van der Waals surface area (Å²) in [5.74, 6) is -0.477. The molecule has 0 aliphatic rings. The van der Waals surface area contributed by atoms with Crippen LogP contribution in [0.5, 0.6) is 0 Å². The molecule has 0 heterocycles. The van der Waals surface area contributed by atoms with E-state index in [0.29, 0.717) is 6.42 Å². The molecule has 0 saturated carbocycles. The van der Waals surface area contributed by atoms with Crippen LogP contribution in [0.4, 0.5) is 0 Å². The van der Waals surface area contributed by atoms with E-state index in [-0.39, 0.29) is 0 Å². The maximum Gasteiger partial charge on any atom is 0.242 e. The summed E-state index contributed by atoms with van der Waals surface area (Å²) in [4.78, 5) is 11.5. The van der Waals surface area contributed by atoms with Gasteiger partial charge in [0.25, 0.3) is 0 Å². The molecule has 0 spiro atoms. The Hall–Kier alpha value is -1.39. The summed E-state index contributed by atoms with van der Waals surface area (Å²) in [5.41, 5.74) is 11.2. The molecule has 0 fully saturated rings. The highest BCUT2D eigenvalue weighted by Crippen LogP contribution is 2.23. The average molecular weight is 221 g/mol. The molecule has 1 amide bonds. The second-order valence-electron chi connectivity index (χ2n) is 3.91. The fraction of sp³-hybridized carbons (Fsp3) is 0.417. The number of nitrogens with one attached hydrogen (secondary N) is 1. The number of nitrogens with two attached hydrogens (primary N) is 2. The van der Waals surface area contributed by atoms with E-state index >= 15 is 0 Å². The smallest absolute Gasteiger partial charge is 0.242 e. The second kappa shape index (κ2) is 5.63. The molecule has 5 N–H and O–H groups in total. The predicted molar refractivity (Wildman–Crippen MR) is 64.7 cm³/mol. The molecule has 0 aliphatic carbocycles. The van der Waals surface area contributed by atoms with Crippen molar-refractivity contribution < 1.29 is 4.79 Å². The van der Waals surface area contributed by atoms with E-state index in [1.54, 1.807) is 0 Å². The molecule has 0 bridgehead atoms. The van der Waals surface area contributed by atoms with Gasteiger partial charge in [-0.05, 0) is 32.0 Å². The quantitative estimate of drug-likeness (QED) is 0.605. The molecule has 16 heavy (non-hydrogen) atoms. The van der Waals surface area contributed by atoms with Crippen LogP contribution in [-0.2, 0) is 10.3 Å². The Balaban J connectivity index is 2.85. The summed E-state index contributed by atoms with van der Waals surface area (Å²) in [6.07, 6.45) is 1.36. The lowest BCUT2D eigenvalue weighted by Crippen LogP contribution is -2.49. The molecule has 4 heteroatoms. The molecular weight excluding hydrogens is 202 g/mol. The van der Waals surface area contributed by atoms with Crippen LogP contribution in [0.25, 0.3) is 0 Å². The average Bonchev–Trinajstić information content (AvgIpc) is 2.30. The van der Waals surface area contributed by atoms with Crippen molar-refractivity contribution >= 4 is 5.91 Å². The first kappa shape index (κ1) is 12.7. The summed E-state index contributed by atoms with van der Waals surface area (Å²) in [6, 6.07) is 9.28. The molecule has 1 atom stereocenters. The van der Waals surface area contributed by atoms with Gasteiger partial charge >= 0.3 is 0 Å². The summed E-state index contributed by atoms with van der Waals surface area (Å²) in [5, 5.41) is 3.02. The highest BCUT2D eigenvalue weighted by Gasteiger charge is 2.32. The Morgan fingerprint density at radius 1 is 1.38 bits per heavy atom. The molecule has 0 saturated heterocycles. The van der Waals surface area contributed by atoms with Crippen LogP contribution in [0, 0.1) is 0 Å². The van der Waals surface area contributed by atoms with Crippen LogP contribution < -0.4 is 16.8 Å². The first-order valence-corrected chi connectivity index (χ1v) is 5.40. The van der Waals surface area contributed by atoms with Crippen molar-refractivity contribution in [3.63, 3.8) is 0 Å². The van der Waals surface area contributed by atoms with Gasteiger partial charge in [-0.3, -0.25) is 4.79 Å². The molecule has 1 aromatic rings. The van der Waals surface area contributed by atoms with Gasteiger partial charge in [-0.25, -0.2) is 0 Å². The fourth-order valence-electron chi connectivity index (χ4n) is 1.69. The molecular formula is C12H19N3O. The monoisotopic (exact) mass is 221 g/mol. The maximum absolute atomic E-state index is 11.5. The SMILES string of the molecule is CNCCCC(N)(C(N)=O)c1ccccc1. The van der Waals surface area contributed by atoms with Crippen molar-refractivity contribution in [2.24, 2.45) is 11.5 Å². The largest absolute Gasteiger partial charge is 0.368 e. The molecule has 0 aromatic heterocycles. The van der Waals surface area contributed by atoms with Crippen LogP contribution >= 0.6 is 0 Å². The van der Waals surface area contributed by atoms with Gasteiger partial charge in [0.05, 0.1) is 0 Å². The summed E-state index contributed by atoms with van der Waals surface area (Å²) < 4.78 is 0. The third-order valence-corrected chi connectivity index (χ3v) is 2.73. The maximum atomic E-state index is 11.5. The lowest BCUT2D eigenvalue weighted by atomic mass is 9.86. The zero-order valence-electron chi connectivity index (χ0n) is 9.57. The molecule has 1 unspecified atom stereocenters. The van der Waals surface area contributed by atoms with Crippen molar-refractivity contribution in [1.82, 2.24) is 5.32 Å². The first-order chi connectivity index (χ1) is 7.61. The van der Waals surface area contributed by atoms with E-state index in [0.717, 1.165) is 18.5 Å². The number of rotatable bonds is 6. The molecule has 0 aliphatic heterocycles. The Morgan fingerprint density at radius 3 is 2.50 bits per heavy atom. The van der Waals surface area contributed by atoms with Crippen LogP contribution in [0.1, 0.15) is 18.4 Å². The minimum atomic E-state index is -1.06. The fourth-order valence-corrected chi connectivity index (χ4v) is 1.69. The van der Waals surface area contributed by atoms with Gasteiger partial charge in [-0.1, -0.05) is 30.3 Å². The Kier molecular flexibility index (Phi) is 4.46. The van der Waals surface area contributed by atoms with Gasteiger partial charge in [0.2, 0.25) is 5.91 Å². The molecule has 0 radical (unpaired) electrons. The first-order valence-electron chi connectivity index (χ1n) is 5.40. The van der Waals surface area contributed by atoms with Gasteiger partial charge < -0.3 is 16.8 Å². The minimum absolute atomic E-state index is 0.477. The van der Waals surface area contributed by atoms with Gasteiger partial charge in [-0.15, -0.1) is 0 Å². The lowest BCUT2D eigenvalue weighted by Gasteiger charge is -2.26. The molecule has 4 nitrogen and oxygen atoms in total. The van der Waals surface area contributed by atoms with Crippen molar-refractivity contribution in [2.45, 2.75) is 18.4 Å². The zero-order chi connectivity index (χ0) is 12.0. The number of carbonyl (C=O) groups excluding carboxylic acids is 1. The van der Waals surface area contributed by atoms with Crippen LogP contribution in [-0.4, -0.2) is 19.5 Å². The summed E-state index contributed by atoms with van der Waals surface area (Å²) in [6.45, 7) is 0.819. The Morgan fingerprint density at radius 2 is 2.00 bits per heavy atom. The number of hydrogen-bond acceptors (Lipinski definition) is 3. The summed E-state index contributed by atoms with van der Waals surface area (Å²) in [7, 11) is 1.87. The molecule has 88 valence electrons. The Bertz CT molecular complexity index is 339. The third-order valence-electron chi connectivity index (χ3n) is 2.73. The van der Waals surface area contributed by atoms with E-state index in [9.17, 15) is 4.79 Å². The number of primary amides is 1. The van der Waals surface area contributed by atoms with E-state index in [2.05, 4.69) is 5.32 Å². The number of carbonyl (C=O) groups is 1. The highest BCUT2D eigenvalue weighted by molar-refractivity contribution is 5.85. The Labute approximate surface area is 96.0 Å². The standard InChI is InChI=1S/C12H19N3O/c1-15-9-5-8-12(14,11(13)16)10-6-3-2-4-7-10/h2-4,6-7,15H,5,8-9,14H2,1H3,(H2,13,16). The van der Waals surface area contributed by atoms with E-state index in [1.165, 1.54) is 0 Å². The zero-order valence-corrected chi connectivity index (χ0v) is 9.57. The summed E-state index contributed by atoms with van der Waals surface area (Å²) >= 11 is 0. The predicted octanol–water partition coefficient (Wildman–Crippen LogP) is 0.326. The topological polar surface area (TPSA) is 81.1 Å². The third kappa shape index (κ3) is 2.81. The number of benzene rings is 1. The van der Waals surface area contributed by atoms with Gasteiger partial charge in [0, 0.05) is 0 Å². The van der Waals surface area contributed by atoms with Crippen LogP contribution in [0.15, 0.2) is 30.3 Å². The molecule has 1 rings (SSSR count). The normalized spacial score (nSPS) is 14.4. The van der Waals surface area contributed by atoms with Gasteiger partial charge in [-0.2, -0.15) is 0 Å². The lowest BCUT2D eigenvalue weighted by molar-refractivity contribution is -0.123.